The third-order valence-corrected chi connectivity index (χ3v) is 4.36. The number of morpholine rings is 1. The summed E-state index contributed by atoms with van der Waals surface area (Å²) >= 11 is 0. The Hall–Kier alpha value is -2.18. The fourth-order valence-corrected chi connectivity index (χ4v) is 3.36. The molecule has 6 nitrogen and oxygen atoms in total. The second kappa shape index (κ2) is 6.98. The number of aromatic amines is 1. The molecular weight excluding hydrogens is 320 g/mol. The second-order valence-corrected chi connectivity index (χ2v) is 7.12. The number of aromatic nitrogens is 1. The molecule has 1 aromatic heterocycles. The largest absolute Gasteiger partial charge is 0.382 e. The van der Waals surface area contributed by atoms with Gasteiger partial charge in [-0.2, -0.15) is 0 Å². The first kappa shape index (κ1) is 17.6. The normalized spacial score (nSPS) is 20.0. The highest BCUT2D eigenvalue weighted by molar-refractivity contribution is 5.82. The van der Waals surface area contributed by atoms with Gasteiger partial charge in [-0.25, -0.2) is 0 Å². The van der Waals surface area contributed by atoms with Crippen LogP contribution in [-0.4, -0.2) is 54.3 Å². The van der Waals surface area contributed by atoms with E-state index in [1.807, 2.05) is 38.1 Å². The molecule has 0 saturated carbocycles. The minimum Gasteiger partial charge on any atom is -0.382 e. The van der Waals surface area contributed by atoms with Crippen LogP contribution in [-0.2, 0) is 20.7 Å². The van der Waals surface area contributed by atoms with Gasteiger partial charge in [0.15, 0.2) is 0 Å². The van der Waals surface area contributed by atoms with Crippen molar-refractivity contribution in [2.75, 3.05) is 26.8 Å². The van der Waals surface area contributed by atoms with Crippen LogP contribution in [0.2, 0.25) is 0 Å². The molecule has 1 N–H and O–H groups in total. The van der Waals surface area contributed by atoms with Crippen molar-refractivity contribution in [1.29, 1.82) is 0 Å². The lowest BCUT2D eigenvalue weighted by Crippen LogP contribution is -2.56. The number of nitrogens with one attached hydrogen (secondary N) is 1. The summed E-state index contributed by atoms with van der Waals surface area (Å²) in [5.41, 5.74) is 0.605. The fourth-order valence-electron chi connectivity index (χ4n) is 3.36. The Labute approximate surface area is 146 Å². The first-order chi connectivity index (χ1) is 11.9. The molecule has 1 fully saturated rings. The zero-order valence-electron chi connectivity index (χ0n) is 14.9. The number of para-hydroxylation sites is 1. The predicted molar refractivity (Wildman–Crippen MR) is 95.7 cm³/mol. The first-order valence-corrected chi connectivity index (χ1v) is 8.43. The number of hydrogen-bond donors (Lipinski definition) is 1. The Balaban J connectivity index is 1.79. The second-order valence-electron chi connectivity index (χ2n) is 7.12. The van der Waals surface area contributed by atoms with Gasteiger partial charge in [0.1, 0.15) is 0 Å². The van der Waals surface area contributed by atoms with Crippen LogP contribution < -0.4 is 5.56 Å². The maximum atomic E-state index is 12.8. The molecule has 1 aromatic carbocycles. The van der Waals surface area contributed by atoms with Crippen LogP contribution in [0.25, 0.3) is 10.9 Å². The van der Waals surface area contributed by atoms with Gasteiger partial charge in [-0.3, -0.25) is 9.59 Å². The Morgan fingerprint density at radius 1 is 1.40 bits per heavy atom. The van der Waals surface area contributed by atoms with Gasteiger partial charge in [0.25, 0.3) is 5.56 Å². The van der Waals surface area contributed by atoms with E-state index in [1.165, 1.54) is 0 Å². The average Bonchev–Trinajstić information content (AvgIpc) is 2.54. The minimum atomic E-state index is -0.438. The lowest BCUT2D eigenvalue weighted by molar-refractivity contribution is -0.168. The molecule has 2 heterocycles. The van der Waals surface area contributed by atoms with Gasteiger partial charge in [-0.05, 0) is 31.4 Å². The first-order valence-electron chi connectivity index (χ1n) is 8.43. The van der Waals surface area contributed by atoms with Crippen molar-refractivity contribution in [3.63, 3.8) is 0 Å². The summed E-state index contributed by atoms with van der Waals surface area (Å²) in [6, 6.07) is 9.35. The molecule has 6 heteroatoms. The number of ether oxygens (including phenoxy) is 2. The molecule has 2 aromatic rings. The average molecular weight is 344 g/mol. The van der Waals surface area contributed by atoms with Gasteiger partial charge in [0, 0.05) is 31.3 Å². The van der Waals surface area contributed by atoms with Crippen LogP contribution >= 0.6 is 0 Å². The number of methoxy groups -OCH3 is 1. The standard InChI is InChI=1S/C19H24N2O4/c1-19(2)12-21(10-15(25-19)11-24-3)17(22)9-14-8-13-6-4-5-7-16(13)20-18(14)23/h4-8,15H,9-12H2,1-3H3,(H,20,23). The molecule has 1 aliphatic heterocycles. The molecule has 0 aliphatic carbocycles. The van der Waals surface area contributed by atoms with Crippen molar-refractivity contribution in [2.24, 2.45) is 0 Å². The van der Waals surface area contributed by atoms with E-state index in [9.17, 15) is 9.59 Å². The van der Waals surface area contributed by atoms with E-state index < -0.39 is 5.60 Å². The van der Waals surface area contributed by atoms with Crippen LogP contribution in [0.5, 0.6) is 0 Å². The molecule has 25 heavy (non-hydrogen) atoms. The van der Waals surface area contributed by atoms with Gasteiger partial charge in [-0.15, -0.1) is 0 Å². The van der Waals surface area contributed by atoms with Gasteiger partial charge in [0.2, 0.25) is 5.91 Å². The summed E-state index contributed by atoms with van der Waals surface area (Å²) in [6.07, 6.45) is -0.0803. The molecule has 1 aliphatic rings. The monoisotopic (exact) mass is 344 g/mol. The molecular formula is C19H24N2O4. The van der Waals surface area contributed by atoms with E-state index >= 15 is 0 Å². The highest BCUT2D eigenvalue weighted by Crippen LogP contribution is 2.22. The Bertz CT molecular complexity index is 828. The highest BCUT2D eigenvalue weighted by atomic mass is 16.5. The lowest BCUT2D eigenvalue weighted by Gasteiger charge is -2.42. The summed E-state index contributed by atoms with van der Waals surface area (Å²) in [7, 11) is 1.62. The fraction of sp³-hybridized carbons (Fsp3) is 0.474. The molecule has 134 valence electrons. The number of carbonyl (C=O) groups is 1. The molecule has 0 radical (unpaired) electrons. The van der Waals surface area contributed by atoms with Gasteiger partial charge in [-0.1, -0.05) is 18.2 Å². The lowest BCUT2D eigenvalue weighted by atomic mass is 10.0. The number of rotatable bonds is 4. The maximum Gasteiger partial charge on any atom is 0.252 e. The number of benzene rings is 1. The van der Waals surface area contributed by atoms with E-state index in [2.05, 4.69) is 4.98 Å². The van der Waals surface area contributed by atoms with Crippen molar-refractivity contribution in [3.05, 3.63) is 46.2 Å². The number of H-pyrrole nitrogens is 1. The van der Waals surface area contributed by atoms with Gasteiger partial charge < -0.3 is 19.4 Å². The molecule has 1 atom stereocenters. The number of nitrogens with zero attached hydrogens (tertiary/aromatic N) is 1. The molecule has 0 bridgehead atoms. The van der Waals surface area contributed by atoms with E-state index in [1.54, 1.807) is 18.1 Å². The topological polar surface area (TPSA) is 71.6 Å². The summed E-state index contributed by atoms with van der Waals surface area (Å²) in [4.78, 5) is 29.7. The third-order valence-electron chi connectivity index (χ3n) is 4.36. The summed E-state index contributed by atoms with van der Waals surface area (Å²) in [5, 5.41) is 0.921. The Kier molecular flexibility index (Phi) is 4.92. The molecule has 1 amide bonds. The van der Waals surface area contributed by atoms with Crippen LogP contribution in [0.15, 0.2) is 35.1 Å². The third kappa shape index (κ3) is 4.08. The smallest absolute Gasteiger partial charge is 0.252 e. The summed E-state index contributed by atoms with van der Waals surface area (Å²) in [6.45, 7) is 5.32. The number of carbonyl (C=O) groups excluding carboxylic acids is 1. The minimum absolute atomic E-state index is 0.0711. The van der Waals surface area contributed by atoms with E-state index in [0.29, 0.717) is 25.3 Å². The maximum absolute atomic E-state index is 12.8. The number of hydrogen-bond acceptors (Lipinski definition) is 4. The molecule has 0 spiro atoms. The highest BCUT2D eigenvalue weighted by Gasteiger charge is 2.35. The summed E-state index contributed by atoms with van der Waals surface area (Å²) in [5.74, 6) is -0.0711. The Morgan fingerprint density at radius 3 is 2.92 bits per heavy atom. The number of pyridine rings is 1. The van der Waals surface area contributed by atoms with Gasteiger partial charge >= 0.3 is 0 Å². The van der Waals surface area contributed by atoms with E-state index in [0.717, 1.165) is 10.9 Å². The predicted octanol–water partition coefficient (Wildman–Crippen LogP) is 1.72. The van der Waals surface area contributed by atoms with Gasteiger partial charge in [0.05, 0.1) is 24.7 Å². The van der Waals surface area contributed by atoms with Crippen LogP contribution in [0, 0.1) is 0 Å². The molecule has 1 unspecified atom stereocenters. The molecule has 3 rings (SSSR count). The number of amides is 1. The van der Waals surface area contributed by atoms with E-state index in [-0.39, 0.29) is 24.0 Å². The number of fused-ring (bicyclic) bond motifs is 1. The van der Waals surface area contributed by atoms with Crippen LogP contribution in [0.1, 0.15) is 19.4 Å². The van der Waals surface area contributed by atoms with Crippen molar-refractivity contribution in [1.82, 2.24) is 9.88 Å². The van der Waals surface area contributed by atoms with Crippen molar-refractivity contribution in [2.45, 2.75) is 32.0 Å². The van der Waals surface area contributed by atoms with Crippen LogP contribution in [0.4, 0.5) is 0 Å². The summed E-state index contributed by atoms with van der Waals surface area (Å²) < 4.78 is 11.1. The van der Waals surface area contributed by atoms with Crippen molar-refractivity contribution >= 4 is 16.8 Å². The zero-order chi connectivity index (χ0) is 18.0. The zero-order valence-corrected chi connectivity index (χ0v) is 14.9. The van der Waals surface area contributed by atoms with Crippen molar-refractivity contribution in [3.8, 4) is 0 Å². The quantitative estimate of drug-likeness (QED) is 0.917. The van der Waals surface area contributed by atoms with E-state index in [4.69, 9.17) is 9.47 Å². The van der Waals surface area contributed by atoms with Crippen molar-refractivity contribution < 1.29 is 14.3 Å². The Morgan fingerprint density at radius 2 is 2.16 bits per heavy atom. The van der Waals surface area contributed by atoms with Crippen LogP contribution in [0.3, 0.4) is 0 Å². The molecule has 1 saturated heterocycles. The SMILES string of the molecule is COCC1CN(C(=O)Cc2cc3ccccc3[nH]c2=O)CC(C)(C)O1.